The van der Waals surface area contributed by atoms with Crippen LogP contribution in [0.4, 0.5) is 0 Å². The monoisotopic (exact) mass is 194 g/mol. The minimum absolute atomic E-state index is 0.0725. The van der Waals surface area contributed by atoms with Gasteiger partial charge in [-0.15, -0.1) is 0 Å². The third kappa shape index (κ3) is 1.21. The second-order valence-corrected chi connectivity index (χ2v) is 5.14. The van der Waals surface area contributed by atoms with E-state index in [9.17, 15) is 5.11 Å². The molecule has 2 nitrogen and oxygen atoms in total. The second-order valence-electron chi connectivity index (χ2n) is 5.14. The van der Waals surface area contributed by atoms with Gasteiger partial charge in [-0.05, 0) is 37.3 Å². The normalized spacial score (nSPS) is 36.1. The van der Waals surface area contributed by atoms with Crippen LogP contribution in [0, 0.1) is 5.41 Å². The highest BCUT2D eigenvalue weighted by Gasteiger charge is 2.51. The molecule has 2 unspecified atom stereocenters. The van der Waals surface area contributed by atoms with Crippen LogP contribution >= 0.6 is 0 Å². The third-order valence-corrected chi connectivity index (χ3v) is 4.12. The van der Waals surface area contributed by atoms with Crippen molar-refractivity contribution in [1.82, 2.24) is 0 Å². The van der Waals surface area contributed by atoms with Gasteiger partial charge in [0.15, 0.2) is 0 Å². The van der Waals surface area contributed by atoms with Gasteiger partial charge < -0.3 is 9.52 Å². The number of rotatable bonds is 1. The van der Waals surface area contributed by atoms with Crippen LogP contribution in [0.15, 0.2) is 23.0 Å². The molecule has 1 saturated carbocycles. The zero-order valence-corrected chi connectivity index (χ0v) is 9.08. The molecule has 0 aliphatic heterocycles. The first-order chi connectivity index (χ1) is 6.45. The van der Waals surface area contributed by atoms with Crippen molar-refractivity contribution in [2.75, 3.05) is 0 Å². The summed E-state index contributed by atoms with van der Waals surface area (Å²) in [4.78, 5) is 0. The lowest BCUT2D eigenvalue weighted by molar-refractivity contribution is -0.0315. The molecule has 1 aromatic rings. The van der Waals surface area contributed by atoms with Crippen LogP contribution in [0.2, 0.25) is 0 Å². The Morgan fingerprint density at radius 2 is 2.14 bits per heavy atom. The first-order valence-electron chi connectivity index (χ1n) is 5.19. The Bertz CT molecular complexity index is 309. The molecule has 1 aliphatic rings. The van der Waals surface area contributed by atoms with E-state index in [1.165, 1.54) is 5.56 Å². The molecular weight excluding hydrogens is 176 g/mol. The summed E-state index contributed by atoms with van der Waals surface area (Å²) in [6.07, 6.45) is 5.42. The summed E-state index contributed by atoms with van der Waals surface area (Å²) >= 11 is 0. The van der Waals surface area contributed by atoms with Crippen LogP contribution in [-0.2, 0) is 0 Å². The van der Waals surface area contributed by atoms with Gasteiger partial charge in [-0.3, -0.25) is 0 Å². The van der Waals surface area contributed by atoms with Gasteiger partial charge in [0.25, 0.3) is 0 Å². The number of hydrogen-bond acceptors (Lipinski definition) is 2. The maximum absolute atomic E-state index is 10.3. The van der Waals surface area contributed by atoms with Crippen LogP contribution in [0.25, 0.3) is 0 Å². The summed E-state index contributed by atoms with van der Waals surface area (Å²) in [5.74, 6) is 0.413. The van der Waals surface area contributed by atoms with Crippen molar-refractivity contribution in [3.8, 4) is 0 Å². The van der Waals surface area contributed by atoms with Crippen LogP contribution < -0.4 is 0 Å². The van der Waals surface area contributed by atoms with Crippen molar-refractivity contribution in [3.63, 3.8) is 0 Å². The smallest absolute Gasteiger partial charge is 0.0937 e. The van der Waals surface area contributed by atoms with E-state index in [1.54, 1.807) is 12.5 Å². The van der Waals surface area contributed by atoms with E-state index in [0.717, 1.165) is 12.8 Å². The number of aliphatic hydroxyl groups is 1. The summed E-state index contributed by atoms with van der Waals surface area (Å²) < 4.78 is 5.11. The van der Waals surface area contributed by atoms with Gasteiger partial charge in [0.2, 0.25) is 0 Å². The predicted octanol–water partition coefficient (Wildman–Crippen LogP) is 2.93. The van der Waals surface area contributed by atoms with Crippen LogP contribution in [0.3, 0.4) is 0 Å². The largest absolute Gasteiger partial charge is 0.472 e. The number of furan rings is 1. The Balaban J connectivity index is 2.33. The maximum Gasteiger partial charge on any atom is 0.0937 e. The van der Waals surface area contributed by atoms with Crippen LogP contribution in [0.5, 0.6) is 0 Å². The Hall–Kier alpha value is -0.760. The molecule has 0 bridgehead atoms. The van der Waals surface area contributed by atoms with Crippen molar-refractivity contribution >= 4 is 0 Å². The van der Waals surface area contributed by atoms with E-state index in [4.69, 9.17) is 4.42 Å². The highest BCUT2D eigenvalue weighted by Crippen LogP contribution is 2.54. The fraction of sp³-hybridized carbons (Fsp3) is 0.667. The zero-order valence-electron chi connectivity index (χ0n) is 9.08. The predicted molar refractivity (Wildman–Crippen MR) is 55.1 cm³/mol. The first-order valence-corrected chi connectivity index (χ1v) is 5.19. The standard InChI is InChI=1S/C12H18O2/c1-11(2)10(4-6-12(11,3)13)9-5-7-14-8-9/h5,7-8,10,13H,4,6H2,1-3H3. The molecule has 0 spiro atoms. The van der Waals surface area contributed by atoms with E-state index >= 15 is 0 Å². The quantitative estimate of drug-likeness (QED) is 0.745. The zero-order chi connectivity index (χ0) is 10.4. The topological polar surface area (TPSA) is 33.4 Å². The Labute approximate surface area is 84.9 Å². The summed E-state index contributed by atoms with van der Waals surface area (Å²) in [6.45, 7) is 6.21. The highest BCUT2D eigenvalue weighted by atomic mass is 16.3. The summed E-state index contributed by atoms with van der Waals surface area (Å²) in [5.41, 5.74) is 0.582. The van der Waals surface area contributed by atoms with Crippen molar-refractivity contribution in [2.24, 2.45) is 5.41 Å². The van der Waals surface area contributed by atoms with E-state index in [-0.39, 0.29) is 5.41 Å². The van der Waals surface area contributed by atoms with Crippen molar-refractivity contribution in [3.05, 3.63) is 24.2 Å². The Kier molecular flexibility index (Phi) is 2.00. The Morgan fingerprint density at radius 1 is 1.43 bits per heavy atom. The minimum atomic E-state index is -0.561. The molecule has 0 saturated heterocycles. The van der Waals surface area contributed by atoms with Gasteiger partial charge in [0.05, 0.1) is 18.1 Å². The second kappa shape index (κ2) is 2.86. The lowest BCUT2D eigenvalue weighted by Gasteiger charge is -2.37. The van der Waals surface area contributed by atoms with E-state index < -0.39 is 5.60 Å². The van der Waals surface area contributed by atoms with Gasteiger partial charge in [-0.1, -0.05) is 13.8 Å². The van der Waals surface area contributed by atoms with E-state index in [2.05, 4.69) is 13.8 Å². The summed E-state index contributed by atoms with van der Waals surface area (Å²) in [7, 11) is 0. The van der Waals surface area contributed by atoms with E-state index in [0.29, 0.717) is 5.92 Å². The van der Waals surface area contributed by atoms with Crippen molar-refractivity contribution in [1.29, 1.82) is 0 Å². The molecule has 2 atom stereocenters. The molecular formula is C12H18O2. The molecule has 1 fully saturated rings. The van der Waals surface area contributed by atoms with Gasteiger partial charge in [0, 0.05) is 5.41 Å². The first kappa shape index (κ1) is 9.78. The van der Waals surface area contributed by atoms with E-state index in [1.807, 2.05) is 13.0 Å². The molecule has 0 radical (unpaired) electrons. The molecule has 14 heavy (non-hydrogen) atoms. The SMILES string of the molecule is CC1(O)CCC(c2ccoc2)C1(C)C. The molecule has 1 N–H and O–H groups in total. The van der Waals surface area contributed by atoms with Crippen LogP contribution in [0.1, 0.15) is 45.1 Å². The summed E-state index contributed by atoms with van der Waals surface area (Å²) in [5, 5.41) is 10.3. The molecule has 78 valence electrons. The fourth-order valence-electron chi connectivity index (χ4n) is 2.54. The Morgan fingerprint density at radius 3 is 2.57 bits per heavy atom. The van der Waals surface area contributed by atoms with Crippen LogP contribution in [-0.4, -0.2) is 10.7 Å². The fourth-order valence-corrected chi connectivity index (χ4v) is 2.54. The molecule has 2 heteroatoms. The van der Waals surface area contributed by atoms with Crippen molar-refractivity contribution in [2.45, 2.75) is 45.1 Å². The minimum Gasteiger partial charge on any atom is -0.472 e. The highest BCUT2D eigenvalue weighted by molar-refractivity contribution is 5.21. The molecule has 2 rings (SSSR count). The molecule has 0 aromatic carbocycles. The lowest BCUT2D eigenvalue weighted by Crippen LogP contribution is -2.39. The van der Waals surface area contributed by atoms with Gasteiger partial charge in [-0.2, -0.15) is 0 Å². The molecule has 1 heterocycles. The third-order valence-electron chi connectivity index (χ3n) is 4.12. The van der Waals surface area contributed by atoms with Gasteiger partial charge in [0.1, 0.15) is 0 Å². The molecule has 0 amide bonds. The average molecular weight is 194 g/mol. The summed E-state index contributed by atoms with van der Waals surface area (Å²) in [6, 6.07) is 2.01. The maximum atomic E-state index is 10.3. The lowest BCUT2D eigenvalue weighted by atomic mass is 9.71. The molecule has 1 aromatic heterocycles. The number of hydrogen-bond donors (Lipinski definition) is 1. The average Bonchev–Trinajstić information content (AvgIpc) is 2.61. The van der Waals surface area contributed by atoms with Gasteiger partial charge in [-0.25, -0.2) is 0 Å². The van der Waals surface area contributed by atoms with Gasteiger partial charge >= 0.3 is 0 Å². The van der Waals surface area contributed by atoms with Crippen molar-refractivity contribution < 1.29 is 9.52 Å². The molecule has 1 aliphatic carbocycles.